The van der Waals surface area contributed by atoms with E-state index >= 15 is 0 Å². The average molecular weight is 505 g/mol. The van der Waals surface area contributed by atoms with Crippen molar-refractivity contribution in [2.24, 2.45) is 0 Å². The quantitative estimate of drug-likeness (QED) is 0.383. The molecule has 0 unspecified atom stereocenters. The first-order valence-electron chi connectivity index (χ1n) is 11.5. The standard InChI is InChI=1S/C27H25ClN4O4/c1-2-15-29-24(33)16-18-7-13-21(14-8-18)32-26(35)22-5-3-4-6-23(22)31(27(32)36)17-25(34)30-20-11-9-19(28)10-12-20/h3-14H,2,15-17H2,1H3,(H,29,33)(H,30,34). The molecule has 9 heteroatoms. The van der Waals surface area contributed by atoms with Crippen LogP contribution in [0.15, 0.2) is 82.4 Å². The van der Waals surface area contributed by atoms with Crippen LogP contribution < -0.4 is 21.9 Å². The Morgan fingerprint density at radius 1 is 0.889 bits per heavy atom. The number of carbonyl (C=O) groups is 2. The fourth-order valence-corrected chi connectivity index (χ4v) is 3.98. The monoisotopic (exact) mass is 504 g/mol. The van der Waals surface area contributed by atoms with E-state index in [1.807, 2.05) is 6.92 Å². The van der Waals surface area contributed by atoms with Gasteiger partial charge in [0.2, 0.25) is 11.8 Å². The number of fused-ring (bicyclic) bond motifs is 1. The van der Waals surface area contributed by atoms with Gasteiger partial charge in [-0.1, -0.05) is 42.8 Å². The van der Waals surface area contributed by atoms with Crippen LogP contribution in [0.2, 0.25) is 5.02 Å². The number of amides is 2. The zero-order valence-corrected chi connectivity index (χ0v) is 20.4. The van der Waals surface area contributed by atoms with Crippen molar-refractivity contribution in [2.45, 2.75) is 26.3 Å². The number of benzene rings is 3. The minimum absolute atomic E-state index is 0.0958. The summed E-state index contributed by atoms with van der Waals surface area (Å²) in [5, 5.41) is 6.40. The van der Waals surface area contributed by atoms with E-state index in [9.17, 15) is 19.2 Å². The molecule has 4 rings (SSSR count). The van der Waals surface area contributed by atoms with Crippen LogP contribution in [-0.2, 0) is 22.6 Å². The molecule has 2 amide bonds. The fraction of sp³-hybridized carbons (Fsp3) is 0.185. The van der Waals surface area contributed by atoms with Crippen LogP contribution in [0.4, 0.5) is 5.69 Å². The summed E-state index contributed by atoms with van der Waals surface area (Å²) in [6.07, 6.45) is 1.04. The first kappa shape index (κ1) is 24.9. The van der Waals surface area contributed by atoms with Gasteiger partial charge in [-0.25, -0.2) is 9.36 Å². The summed E-state index contributed by atoms with van der Waals surface area (Å²) in [5.41, 5.74) is 0.869. The van der Waals surface area contributed by atoms with Crippen LogP contribution in [0.1, 0.15) is 18.9 Å². The summed E-state index contributed by atoms with van der Waals surface area (Å²) >= 11 is 5.90. The Labute approximate surface area is 212 Å². The zero-order valence-electron chi connectivity index (χ0n) is 19.7. The van der Waals surface area contributed by atoms with E-state index in [0.717, 1.165) is 16.6 Å². The summed E-state index contributed by atoms with van der Waals surface area (Å²) in [4.78, 5) is 51.5. The fourth-order valence-electron chi connectivity index (χ4n) is 3.85. The van der Waals surface area contributed by atoms with Gasteiger partial charge in [-0.05, 0) is 60.5 Å². The summed E-state index contributed by atoms with van der Waals surface area (Å²) in [6, 6.07) is 19.9. The molecule has 1 heterocycles. The molecule has 36 heavy (non-hydrogen) atoms. The molecule has 2 N–H and O–H groups in total. The largest absolute Gasteiger partial charge is 0.356 e. The molecule has 0 aliphatic heterocycles. The second-order valence-electron chi connectivity index (χ2n) is 8.27. The number of hydrogen-bond donors (Lipinski definition) is 2. The first-order valence-corrected chi connectivity index (χ1v) is 11.9. The molecule has 0 radical (unpaired) electrons. The van der Waals surface area contributed by atoms with Crippen LogP contribution in [0.5, 0.6) is 0 Å². The minimum atomic E-state index is -0.640. The molecule has 0 fully saturated rings. The van der Waals surface area contributed by atoms with E-state index in [-0.39, 0.29) is 18.9 Å². The molecule has 184 valence electrons. The maximum absolute atomic E-state index is 13.5. The molecule has 0 saturated carbocycles. The smallest absolute Gasteiger partial charge is 0.336 e. The average Bonchev–Trinajstić information content (AvgIpc) is 2.88. The number of halogens is 1. The lowest BCUT2D eigenvalue weighted by atomic mass is 10.1. The summed E-state index contributed by atoms with van der Waals surface area (Å²) < 4.78 is 2.31. The van der Waals surface area contributed by atoms with Crippen molar-refractivity contribution in [3.05, 3.63) is 104 Å². The van der Waals surface area contributed by atoms with Crippen molar-refractivity contribution in [2.75, 3.05) is 11.9 Å². The predicted octanol–water partition coefficient (Wildman–Crippen LogP) is 3.51. The number of hydrogen-bond acceptors (Lipinski definition) is 4. The highest BCUT2D eigenvalue weighted by atomic mass is 35.5. The van der Waals surface area contributed by atoms with Gasteiger partial charge in [0, 0.05) is 17.3 Å². The van der Waals surface area contributed by atoms with Crippen molar-refractivity contribution in [3.8, 4) is 5.69 Å². The lowest BCUT2D eigenvalue weighted by molar-refractivity contribution is -0.120. The number of para-hydroxylation sites is 1. The molecular weight excluding hydrogens is 480 g/mol. The summed E-state index contributed by atoms with van der Waals surface area (Å²) in [5.74, 6) is -0.523. The first-order chi connectivity index (χ1) is 17.4. The van der Waals surface area contributed by atoms with Crippen molar-refractivity contribution in [3.63, 3.8) is 0 Å². The van der Waals surface area contributed by atoms with Crippen LogP contribution in [-0.4, -0.2) is 27.5 Å². The maximum atomic E-state index is 13.5. The highest BCUT2D eigenvalue weighted by Gasteiger charge is 2.17. The van der Waals surface area contributed by atoms with Gasteiger partial charge in [0.15, 0.2) is 0 Å². The van der Waals surface area contributed by atoms with Crippen molar-refractivity contribution >= 4 is 40.0 Å². The Hall–Kier alpha value is -4.17. The molecule has 0 spiro atoms. The van der Waals surface area contributed by atoms with E-state index in [0.29, 0.717) is 33.8 Å². The third-order valence-corrected chi connectivity index (χ3v) is 5.86. The van der Waals surface area contributed by atoms with Gasteiger partial charge in [0.1, 0.15) is 6.54 Å². The molecule has 0 aliphatic carbocycles. The molecule has 0 bridgehead atoms. The number of rotatable bonds is 8. The predicted molar refractivity (Wildman–Crippen MR) is 141 cm³/mol. The molecule has 4 aromatic rings. The number of aromatic nitrogens is 2. The van der Waals surface area contributed by atoms with Crippen LogP contribution in [0.25, 0.3) is 16.6 Å². The Balaban J connectivity index is 1.68. The van der Waals surface area contributed by atoms with E-state index in [1.54, 1.807) is 72.8 Å². The number of nitrogens with one attached hydrogen (secondary N) is 2. The van der Waals surface area contributed by atoms with Crippen molar-refractivity contribution < 1.29 is 9.59 Å². The SMILES string of the molecule is CCCNC(=O)Cc1ccc(-n2c(=O)c3ccccc3n(CC(=O)Nc3ccc(Cl)cc3)c2=O)cc1. The Bertz CT molecular complexity index is 1520. The molecule has 0 saturated heterocycles. The third-order valence-electron chi connectivity index (χ3n) is 5.61. The molecule has 8 nitrogen and oxygen atoms in total. The highest BCUT2D eigenvalue weighted by molar-refractivity contribution is 6.30. The molecule has 1 aromatic heterocycles. The lowest BCUT2D eigenvalue weighted by Gasteiger charge is -2.14. The topological polar surface area (TPSA) is 102 Å². The normalized spacial score (nSPS) is 10.8. The van der Waals surface area contributed by atoms with Crippen molar-refractivity contribution in [1.29, 1.82) is 0 Å². The van der Waals surface area contributed by atoms with Gasteiger partial charge in [-0.3, -0.25) is 19.0 Å². The van der Waals surface area contributed by atoms with Gasteiger partial charge in [-0.2, -0.15) is 0 Å². The number of anilines is 1. The third kappa shape index (κ3) is 5.55. The van der Waals surface area contributed by atoms with E-state index in [2.05, 4.69) is 10.6 Å². The number of carbonyl (C=O) groups excluding carboxylic acids is 2. The highest BCUT2D eigenvalue weighted by Crippen LogP contribution is 2.15. The molecule has 3 aromatic carbocycles. The van der Waals surface area contributed by atoms with Crippen LogP contribution in [0, 0.1) is 0 Å². The summed E-state index contributed by atoms with van der Waals surface area (Å²) in [7, 11) is 0. The van der Waals surface area contributed by atoms with E-state index < -0.39 is 17.2 Å². The zero-order chi connectivity index (χ0) is 25.7. The van der Waals surface area contributed by atoms with E-state index in [4.69, 9.17) is 11.6 Å². The lowest BCUT2D eigenvalue weighted by Crippen LogP contribution is -2.40. The molecule has 0 atom stereocenters. The van der Waals surface area contributed by atoms with Crippen molar-refractivity contribution in [1.82, 2.24) is 14.5 Å². The minimum Gasteiger partial charge on any atom is -0.356 e. The Kier molecular flexibility index (Phi) is 7.65. The van der Waals surface area contributed by atoms with Gasteiger partial charge in [0.05, 0.1) is 23.0 Å². The van der Waals surface area contributed by atoms with Gasteiger partial charge >= 0.3 is 5.69 Å². The Morgan fingerprint density at radius 3 is 2.28 bits per heavy atom. The second kappa shape index (κ2) is 11.0. The maximum Gasteiger partial charge on any atom is 0.336 e. The Morgan fingerprint density at radius 2 is 1.58 bits per heavy atom. The van der Waals surface area contributed by atoms with Crippen LogP contribution in [0.3, 0.4) is 0 Å². The number of nitrogens with zero attached hydrogens (tertiary/aromatic N) is 2. The summed E-state index contributed by atoms with van der Waals surface area (Å²) in [6.45, 7) is 2.29. The van der Waals surface area contributed by atoms with Gasteiger partial charge < -0.3 is 10.6 Å². The second-order valence-corrected chi connectivity index (χ2v) is 8.71. The van der Waals surface area contributed by atoms with Gasteiger partial charge in [-0.15, -0.1) is 0 Å². The molecular formula is C27H25ClN4O4. The molecule has 0 aliphatic rings. The van der Waals surface area contributed by atoms with Crippen LogP contribution >= 0.6 is 11.6 Å². The van der Waals surface area contributed by atoms with E-state index in [1.165, 1.54) is 4.57 Å². The van der Waals surface area contributed by atoms with Gasteiger partial charge in [0.25, 0.3) is 5.56 Å².